The monoisotopic (exact) mass is 280 g/mol. The third-order valence-corrected chi connectivity index (χ3v) is 3.95. The summed E-state index contributed by atoms with van der Waals surface area (Å²) in [5, 5.41) is 3.44. The van der Waals surface area contributed by atoms with Gasteiger partial charge < -0.3 is 14.8 Å². The van der Waals surface area contributed by atoms with Gasteiger partial charge in [0.15, 0.2) is 0 Å². The van der Waals surface area contributed by atoms with E-state index in [0.29, 0.717) is 23.8 Å². The highest BCUT2D eigenvalue weighted by atomic mass is 16.5. The van der Waals surface area contributed by atoms with Crippen molar-refractivity contribution < 1.29 is 9.47 Å². The first-order chi connectivity index (χ1) is 9.63. The maximum absolute atomic E-state index is 5.08. The lowest BCUT2D eigenvalue weighted by molar-refractivity contribution is 0.252. The van der Waals surface area contributed by atoms with Crippen LogP contribution in [0.15, 0.2) is 0 Å². The fourth-order valence-electron chi connectivity index (χ4n) is 2.89. The molecular formula is C14H24N4O2. The highest BCUT2D eigenvalue weighted by Crippen LogP contribution is 2.32. The average Bonchev–Trinajstić information content (AvgIpc) is 2.47. The molecule has 112 valence electrons. The summed E-state index contributed by atoms with van der Waals surface area (Å²) in [6.45, 7) is 4.55. The van der Waals surface area contributed by atoms with E-state index >= 15 is 0 Å². The molecule has 1 heterocycles. The highest BCUT2D eigenvalue weighted by Gasteiger charge is 2.28. The van der Waals surface area contributed by atoms with Gasteiger partial charge in [0.1, 0.15) is 0 Å². The molecule has 0 radical (unpaired) electrons. The van der Waals surface area contributed by atoms with Gasteiger partial charge in [-0.1, -0.05) is 26.7 Å². The molecule has 1 aromatic rings. The lowest BCUT2D eigenvalue weighted by Crippen LogP contribution is -2.35. The van der Waals surface area contributed by atoms with Crippen LogP contribution in [0, 0.1) is 11.8 Å². The van der Waals surface area contributed by atoms with Gasteiger partial charge in [0.2, 0.25) is 5.95 Å². The normalized spacial score (nSPS) is 22.6. The molecule has 0 spiro atoms. The maximum Gasteiger partial charge on any atom is 0.324 e. The molecule has 1 aliphatic rings. The molecule has 1 N–H and O–H groups in total. The van der Waals surface area contributed by atoms with Gasteiger partial charge in [0.05, 0.1) is 14.2 Å². The number of methoxy groups -OCH3 is 2. The van der Waals surface area contributed by atoms with Crippen LogP contribution < -0.4 is 14.8 Å². The van der Waals surface area contributed by atoms with Crippen molar-refractivity contribution in [2.75, 3.05) is 19.5 Å². The van der Waals surface area contributed by atoms with Gasteiger partial charge in [0.25, 0.3) is 0 Å². The Morgan fingerprint density at radius 1 is 1.00 bits per heavy atom. The summed E-state index contributed by atoms with van der Waals surface area (Å²) in [5.41, 5.74) is 0. The van der Waals surface area contributed by atoms with Gasteiger partial charge in [0, 0.05) is 6.04 Å². The molecule has 2 atom stereocenters. The number of hydrogen-bond acceptors (Lipinski definition) is 6. The highest BCUT2D eigenvalue weighted by molar-refractivity contribution is 5.29. The minimum atomic E-state index is 0.274. The smallest absolute Gasteiger partial charge is 0.324 e. The molecule has 20 heavy (non-hydrogen) atoms. The molecule has 1 aliphatic carbocycles. The second-order valence-electron chi connectivity index (χ2n) is 5.58. The second-order valence-corrected chi connectivity index (χ2v) is 5.58. The Morgan fingerprint density at radius 3 is 2.15 bits per heavy atom. The van der Waals surface area contributed by atoms with Crippen LogP contribution in [0.25, 0.3) is 0 Å². The van der Waals surface area contributed by atoms with Gasteiger partial charge in [-0.3, -0.25) is 0 Å². The van der Waals surface area contributed by atoms with E-state index in [1.807, 2.05) is 0 Å². The van der Waals surface area contributed by atoms with Gasteiger partial charge in [-0.15, -0.1) is 4.98 Å². The third kappa shape index (κ3) is 3.49. The molecule has 6 heteroatoms. The van der Waals surface area contributed by atoms with Crippen molar-refractivity contribution in [3.05, 3.63) is 0 Å². The molecule has 1 fully saturated rings. The van der Waals surface area contributed by atoms with Crippen LogP contribution in [0.2, 0.25) is 0 Å². The van der Waals surface area contributed by atoms with Crippen LogP contribution >= 0.6 is 0 Å². The van der Waals surface area contributed by atoms with E-state index in [9.17, 15) is 0 Å². The molecule has 0 amide bonds. The predicted molar refractivity (Wildman–Crippen MR) is 77.1 cm³/mol. The number of anilines is 1. The first kappa shape index (κ1) is 14.8. The van der Waals surface area contributed by atoms with Crippen molar-refractivity contribution in [1.29, 1.82) is 0 Å². The van der Waals surface area contributed by atoms with E-state index in [1.165, 1.54) is 33.5 Å². The maximum atomic E-state index is 5.08. The van der Waals surface area contributed by atoms with Gasteiger partial charge in [-0.05, 0) is 24.7 Å². The summed E-state index contributed by atoms with van der Waals surface area (Å²) < 4.78 is 10.2. The van der Waals surface area contributed by atoms with E-state index in [2.05, 4.69) is 34.1 Å². The summed E-state index contributed by atoms with van der Waals surface area (Å²) in [4.78, 5) is 12.5. The number of hydrogen-bond donors (Lipinski definition) is 1. The van der Waals surface area contributed by atoms with Crippen LogP contribution in [0.1, 0.15) is 39.5 Å². The topological polar surface area (TPSA) is 69.2 Å². The van der Waals surface area contributed by atoms with Gasteiger partial charge in [-0.2, -0.15) is 9.97 Å². The van der Waals surface area contributed by atoms with Crippen molar-refractivity contribution in [2.24, 2.45) is 11.8 Å². The van der Waals surface area contributed by atoms with Crippen molar-refractivity contribution in [2.45, 2.75) is 45.6 Å². The lowest BCUT2D eigenvalue weighted by Gasteiger charge is -2.34. The van der Waals surface area contributed by atoms with Crippen molar-refractivity contribution in [3.63, 3.8) is 0 Å². The van der Waals surface area contributed by atoms with E-state index in [-0.39, 0.29) is 12.0 Å². The zero-order valence-corrected chi connectivity index (χ0v) is 12.7. The minimum Gasteiger partial charge on any atom is -0.467 e. The van der Waals surface area contributed by atoms with E-state index in [1.54, 1.807) is 0 Å². The molecule has 1 saturated carbocycles. The Hall–Kier alpha value is -1.59. The molecule has 0 aliphatic heterocycles. The zero-order chi connectivity index (χ0) is 14.5. The Kier molecular flexibility index (Phi) is 4.98. The SMILES string of the molecule is COc1nc(NC2CCCCC2C(C)C)nc(OC)n1. The minimum absolute atomic E-state index is 0.274. The molecule has 1 aromatic heterocycles. The molecule has 0 aromatic carbocycles. The fourth-order valence-corrected chi connectivity index (χ4v) is 2.89. The lowest BCUT2D eigenvalue weighted by atomic mass is 9.78. The van der Waals surface area contributed by atoms with E-state index < -0.39 is 0 Å². The number of ether oxygens (including phenoxy) is 2. The fraction of sp³-hybridized carbons (Fsp3) is 0.786. The van der Waals surface area contributed by atoms with Gasteiger partial charge in [-0.25, -0.2) is 0 Å². The largest absolute Gasteiger partial charge is 0.467 e. The number of rotatable bonds is 5. The number of aromatic nitrogens is 3. The second kappa shape index (κ2) is 6.72. The Labute approximate surface area is 120 Å². The Bertz CT molecular complexity index is 417. The molecule has 0 saturated heterocycles. The van der Waals surface area contributed by atoms with Crippen LogP contribution in [-0.2, 0) is 0 Å². The summed E-state index contributed by atoms with van der Waals surface area (Å²) in [6, 6.07) is 0.952. The summed E-state index contributed by atoms with van der Waals surface area (Å²) in [7, 11) is 3.08. The van der Waals surface area contributed by atoms with Crippen molar-refractivity contribution >= 4 is 5.95 Å². The van der Waals surface area contributed by atoms with E-state index in [0.717, 1.165) is 6.42 Å². The molecule has 2 unspecified atom stereocenters. The van der Waals surface area contributed by atoms with Crippen molar-refractivity contribution in [3.8, 4) is 12.0 Å². The van der Waals surface area contributed by atoms with E-state index in [4.69, 9.17) is 9.47 Å². The summed E-state index contributed by atoms with van der Waals surface area (Å²) in [6.07, 6.45) is 4.97. The predicted octanol–water partition coefficient (Wildman–Crippen LogP) is 2.52. The Morgan fingerprint density at radius 2 is 1.60 bits per heavy atom. The first-order valence-electron chi connectivity index (χ1n) is 7.24. The first-order valence-corrected chi connectivity index (χ1v) is 7.24. The standard InChI is InChI=1S/C14H24N4O2/c1-9(2)10-7-5-6-8-11(10)15-12-16-13(19-3)18-14(17-12)20-4/h9-11H,5-8H2,1-4H3,(H,15,16,17,18). The Balaban J connectivity index is 2.15. The quantitative estimate of drug-likeness (QED) is 0.893. The zero-order valence-electron chi connectivity index (χ0n) is 12.7. The average molecular weight is 280 g/mol. The number of nitrogens with one attached hydrogen (secondary N) is 1. The van der Waals surface area contributed by atoms with Crippen molar-refractivity contribution in [1.82, 2.24) is 15.0 Å². The molecule has 6 nitrogen and oxygen atoms in total. The molecule has 2 rings (SSSR count). The molecule has 0 bridgehead atoms. The summed E-state index contributed by atoms with van der Waals surface area (Å²) >= 11 is 0. The third-order valence-electron chi connectivity index (χ3n) is 3.95. The summed E-state index contributed by atoms with van der Waals surface area (Å²) in [5.74, 6) is 1.84. The van der Waals surface area contributed by atoms with Crippen LogP contribution in [-0.4, -0.2) is 35.2 Å². The van der Waals surface area contributed by atoms with Crippen LogP contribution in [0.3, 0.4) is 0 Å². The van der Waals surface area contributed by atoms with Crippen LogP contribution in [0.4, 0.5) is 5.95 Å². The van der Waals surface area contributed by atoms with Crippen LogP contribution in [0.5, 0.6) is 12.0 Å². The van der Waals surface area contributed by atoms with Gasteiger partial charge >= 0.3 is 12.0 Å². The number of nitrogens with zero attached hydrogens (tertiary/aromatic N) is 3. The molecular weight excluding hydrogens is 256 g/mol.